The molecule has 2 aromatic rings. The molecule has 0 unspecified atom stereocenters. The van der Waals surface area contributed by atoms with E-state index in [4.69, 9.17) is 5.26 Å². The van der Waals surface area contributed by atoms with Crippen molar-refractivity contribution in [1.29, 1.82) is 5.26 Å². The first kappa shape index (κ1) is 11.9. The normalized spacial score (nSPS) is 10.1. The number of halogens is 1. The molecule has 0 saturated carbocycles. The van der Waals surface area contributed by atoms with Crippen molar-refractivity contribution in [3.8, 4) is 11.8 Å². The van der Waals surface area contributed by atoms with Crippen LogP contribution in [0.15, 0.2) is 36.7 Å². The third-order valence-corrected chi connectivity index (χ3v) is 3.06. The summed E-state index contributed by atoms with van der Waals surface area (Å²) in [5.41, 5.74) is 2.88. The minimum Gasteiger partial charge on any atom is -0.241 e. The third-order valence-electron chi connectivity index (χ3n) is 2.50. The van der Waals surface area contributed by atoms with Gasteiger partial charge in [0.05, 0.1) is 23.5 Å². The molecule has 4 heteroatoms. The average Bonchev–Trinajstić information content (AvgIpc) is 2.85. The van der Waals surface area contributed by atoms with E-state index in [1.54, 1.807) is 12.1 Å². The number of aromatic nitrogens is 2. The lowest BCUT2D eigenvalue weighted by Crippen LogP contribution is -1.93. The second-order valence-electron chi connectivity index (χ2n) is 3.74. The summed E-state index contributed by atoms with van der Waals surface area (Å²) in [6.45, 7) is 0. The zero-order valence-corrected chi connectivity index (χ0v) is 10.9. The number of benzene rings is 1. The fraction of sp³-hybridized carbons (Fsp3) is 0.231. The van der Waals surface area contributed by atoms with Gasteiger partial charge < -0.3 is 0 Å². The molecule has 86 valence electrons. The van der Waals surface area contributed by atoms with E-state index in [-0.39, 0.29) is 0 Å². The molecule has 0 spiro atoms. The van der Waals surface area contributed by atoms with Crippen molar-refractivity contribution in [2.45, 2.75) is 12.8 Å². The summed E-state index contributed by atoms with van der Waals surface area (Å²) < 4.78 is 1.84. The van der Waals surface area contributed by atoms with Crippen LogP contribution in [0.4, 0.5) is 0 Å². The molecule has 0 N–H and O–H groups in total. The summed E-state index contributed by atoms with van der Waals surface area (Å²) in [5.74, 6) is 0. The maximum Gasteiger partial charge on any atom is 0.0991 e. The maximum absolute atomic E-state index is 8.72. The lowest BCUT2D eigenvalue weighted by molar-refractivity contribution is 0.878. The highest BCUT2D eigenvalue weighted by atomic mass is 79.9. The highest BCUT2D eigenvalue weighted by Crippen LogP contribution is 2.11. The van der Waals surface area contributed by atoms with E-state index in [1.807, 2.05) is 29.2 Å². The molecule has 0 atom stereocenters. The van der Waals surface area contributed by atoms with Gasteiger partial charge >= 0.3 is 0 Å². The number of alkyl halides is 1. The molecule has 3 nitrogen and oxygen atoms in total. The van der Waals surface area contributed by atoms with Crippen LogP contribution in [0.1, 0.15) is 17.5 Å². The Balaban J connectivity index is 2.16. The van der Waals surface area contributed by atoms with Crippen molar-refractivity contribution < 1.29 is 0 Å². The second kappa shape index (κ2) is 5.65. The molecule has 0 radical (unpaired) electrons. The fourth-order valence-electron chi connectivity index (χ4n) is 1.59. The van der Waals surface area contributed by atoms with Crippen LogP contribution in [0, 0.1) is 11.3 Å². The molecule has 0 bridgehead atoms. The first-order chi connectivity index (χ1) is 8.33. The number of aryl methyl sites for hydroxylation is 1. The van der Waals surface area contributed by atoms with Gasteiger partial charge in [-0.05, 0) is 42.7 Å². The first-order valence-corrected chi connectivity index (χ1v) is 6.55. The molecule has 0 saturated heterocycles. The molecular weight excluding hydrogens is 278 g/mol. The second-order valence-corrected chi connectivity index (χ2v) is 4.54. The van der Waals surface area contributed by atoms with Crippen molar-refractivity contribution in [3.05, 3.63) is 47.8 Å². The molecule has 1 heterocycles. The minimum absolute atomic E-state index is 0.667. The van der Waals surface area contributed by atoms with Crippen LogP contribution >= 0.6 is 15.9 Å². The Morgan fingerprint density at radius 1 is 1.29 bits per heavy atom. The van der Waals surface area contributed by atoms with Gasteiger partial charge in [-0.25, -0.2) is 4.68 Å². The maximum atomic E-state index is 8.72. The summed E-state index contributed by atoms with van der Waals surface area (Å²) in [6, 6.07) is 9.51. The third kappa shape index (κ3) is 2.95. The summed E-state index contributed by atoms with van der Waals surface area (Å²) in [6.07, 6.45) is 6.06. The number of hydrogen-bond acceptors (Lipinski definition) is 2. The predicted octanol–water partition coefficient (Wildman–Crippen LogP) is 3.07. The van der Waals surface area contributed by atoms with Crippen LogP contribution in [0.3, 0.4) is 0 Å². The average molecular weight is 290 g/mol. The van der Waals surface area contributed by atoms with E-state index in [1.165, 1.54) is 5.56 Å². The monoisotopic (exact) mass is 289 g/mol. The van der Waals surface area contributed by atoms with E-state index in [9.17, 15) is 0 Å². The van der Waals surface area contributed by atoms with Crippen LogP contribution in [-0.2, 0) is 6.42 Å². The Morgan fingerprint density at radius 3 is 2.71 bits per heavy atom. The van der Waals surface area contributed by atoms with Crippen LogP contribution in [0.5, 0.6) is 0 Å². The zero-order chi connectivity index (χ0) is 12.1. The quantitative estimate of drug-likeness (QED) is 0.812. The summed E-state index contributed by atoms with van der Waals surface area (Å²) in [7, 11) is 0. The van der Waals surface area contributed by atoms with E-state index in [0.29, 0.717) is 5.56 Å². The predicted molar refractivity (Wildman–Crippen MR) is 70.4 cm³/mol. The molecule has 0 fully saturated rings. The molecule has 0 aliphatic rings. The van der Waals surface area contributed by atoms with Gasteiger partial charge in [0.15, 0.2) is 0 Å². The van der Waals surface area contributed by atoms with Gasteiger partial charge in [-0.3, -0.25) is 0 Å². The lowest BCUT2D eigenvalue weighted by Gasteiger charge is -2.00. The smallest absolute Gasteiger partial charge is 0.0991 e. The van der Waals surface area contributed by atoms with Crippen LogP contribution in [-0.4, -0.2) is 15.1 Å². The number of hydrogen-bond donors (Lipinski definition) is 0. The van der Waals surface area contributed by atoms with Crippen molar-refractivity contribution in [1.82, 2.24) is 9.78 Å². The van der Waals surface area contributed by atoms with Gasteiger partial charge in [-0.2, -0.15) is 10.4 Å². The summed E-state index contributed by atoms with van der Waals surface area (Å²) in [4.78, 5) is 0. The van der Waals surface area contributed by atoms with Gasteiger partial charge in [0.1, 0.15) is 0 Å². The van der Waals surface area contributed by atoms with Gasteiger partial charge in [-0.15, -0.1) is 0 Å². The van der Waals surface area contributed by atoms with Crippen molar-refractivity contribution in [3.63, 3.8) is 0 Å². The van der Waals surface area contributed by atoms with E-state index < -0.39 is 0 Å². The minimum atomic E-state index is 0.667. The first-order valence-electron chi connectivity index (χ1n) is 5.43. The Hall–Kier alpha value is -1.60. The molecule has 2 rings (SSSR count). The van der Waals surface area contributed by atoms with Crippen molar-refractivity contribution >= 4 is 15.9 Å². The fourth-order valence-corrected chi connectivity index (χ4v) is 1.87. The van der Waals surface area contributed by atoms with Gasteiger partial charge in [0, 0.05) is 11.5 Å². The largest absolute Gasteiger partial charge is 0.241 e. The van der Waals surface area contributed by atoms with Crippen molar-refractivity contribution in [2.24, 2.45) is 0 Å². The van der Waals surface area contributed by atoms with Crippen LogP contribution in [0.2, 0.25) is 0 Å². The highest BCUT2D eigenvalue weighted by molar-refractivity contribution is 9.09. The van der Waals surface area contributed by atoms with Crippen LogP contribution < -0.4 is 0 Å². The van der Waals surface area contributed by atoms with Gasteiger partial charge in [-0.1, -0.05) is 15.9 Å². The molecule has 0 aliphatic carbocycles. The van der Waals surface area contributed by atoms with E-state index in [2.05, 4.69) is 27.1 Å². The van der Waals surface area contributed by atoms with Crippen molar-refractivity contribution in [2.75, 3.05) is 5.33 Å². The number of nitriles is 1. The summed E-state index contributed by atoms with van der Waals surface area (Å²) >= 11 is 3.42. The molecule has 0 aliphatic heterocycles. The summed E-state index contributed by atoms with van der Waals surface area (Å²) in [5, 5.41) is 14.0. The standard InChI is InChI=1S/C13H12BrN3/c14-7-1-2-12-9-16-17(10-12)13-5-3-11(8-15)4-6-13/h3-6,9-10H,1-2,7H2. The number of rotatable bonds is 4. The molecule has 0 amide bonds. The molecule has 1 aromatic carbocycles. The lowest BCUT2D eigenvalue weighted by atomic mass is 10.2. The number of nitrogens with zero attached hydrogens (tertiary/aromatic N) is 3. The molecule has 1 aromatic heterocycles. The van der Waals surface area contributed by atoms with Gasteiger partial charge in [0.25, 0.3) is 0 Å². The Bertz CT molecular complexity index is 522. The molecule has 17 heavy (non-hydrogen) atoms. The van der Waals surface area contributed by atoms with Crippen LogP contribution in [0.25, 0.3) is 5.69 Å². The van der Waals surface area contributed by atoms with Gasteiger partial charge in [0.2, 0.25) is 0 Å². The zero-order valence-electron chi connectivity index (χ0n) is 9.31. The molecular formula is C13H12BrN3. The SMILES string of the molecule is N#Cc1ccc(-n2cc(CCCBr)cn2)cc1. The Labute approximate surface area is 109 Å². The highest BCUT2D eigenvalue weighted by Gasteiger charge is 2.01. The van der Waals surface area contributed by atoms with E-state index >= 15 is 0 Å². The Morgan fingerprint density at radius 2 is 2.06 bits per heavy atom. The topological polar surface area (TPSA) is 41.6 Å². The Kier molecular flexibility index (Phi) is 3.94. The van der Waals surface area contributed by atoms with E-state index in [0.717, 1.165) is 23.9 Å².